The summed E-state index contributed by atoms with van der Waals surface area (Å²) in [5.41, 5.74) is 3.24. The number of amides is 1. The van der Waals surface area contributed by atoms with Gasteiger partial charge >= 0.3 is 0 Å². The molecule has 2 heterocycles. The van der Waals surface area contributed by atoms with Gasteiger partial charge in [0.1, 0.15) is 17.1 Å². The predicted octanol–water partition coefficient (Wildman–Crippen LogP) is 6.63. The largest absolute Gasteiger partial charge is 0.496 e. The van der Waals surface area contributed by atoms with Gasteiger partial charge in [-0.25, -0.2) is 4.98 Å². The summed E-state index contributed by atoms with van der Waals surface area (Å²) >= 11 is 2.14. The lowest BCUT2D eigenvalue weighted by molar-refractivity contribution is -0.118. The number of carbonyl (C=O) groups is 1. The average Bonchev–Trinajstić information content (AvgIpc) is 3.46. The Balaban J connectivity index is 1.28. The molecule has 0 aliphatic rings. The number of carbonyl (C=O) groups excluding carboxylic acids is 1. The molecule has 6 rings (SSSR count). The molecule has 0 bridgehead atoms. The van der Waals surface area contributed by atoms with E-state index in [2.05, 4.69) is 33.0 Å². The van der Waals surface area contributed by atoms with Gasteiger partial charge in [-0.2, -0.15) is 9.78 Å². The Labute approximate surface area is 259 Å². The van der Waals surface area contributed by atoms with Gasteiger partial charge in [0.15, 0.2) is 12.4 Å². The van der Waals surface area contributed by atoms with Gasteiger partial charge in [-0.05, 0) is 95.2 Å². The molecular formula is C33H25IN4O5. The molecule has 2 aromatic heterocycles. The number of hydrogen-bond donors (Lipinski definition) is 1. The van der Waals surface area contributed by atoms with Crippen molar-refractivity contribution in [2.75, 3.05) is 19.0 Å². The first kappa shape index (κ1) is 28.2. The molecule has 0 fully saturated rings. The zero-order valence-electron chi connectivity index (χ0n) is 23.2. The van der Waals surface area contributed by atoms with Gasteiger partial charge in [-0.3, -0.25) is 9.59 Å². The van der Waals surface area contributed by atoms with E-state index in [1.807, 2.05) is 61.5 Å². The van der Waals surface area contributed by atoms with E-state index >= 15 is 0 Å². The highest BCUT2D eigenvalue weighted by molar-refractivity contribution is 14.1. The third-order valence-corrected chi connectivity index (χ3v) is 7.61. The van der Waals surface area contributed by atoms with E-state index in [1.165, 1.54) is 4.68 Å². The average molecular weight is 684 g/mol. The van der Waals surface area contributed by atoms with Crippen molar-refractivity contribution in [2.45, 2.75) is 6.92 Å². The molecule has 0 saturated carbocycles. The number of nitrogens with zero attached hydrogens (tertiary/aromatic N) is 3. The second-order valence-corrected chi connectivity index (χ2v) is 10.8. The van der Waals surface area contributed by atoms with Gasteiger partial charge in [0, 0.05) is 5.69 Å². The number of aryl methyl sites for hydroxylation is 1. The Morgan fingerprint density at radius 2 is 1.81 bits per heavy atom. The third-order valence-electron chi connectivity index (χ3n) is 6.77. The van der Waals surface area contributed by atoms with Crippen LogP contribution in [0.4, 0.5) is 5.69 Å². The molecule has 1 N–H and O–H groups in total. The monoisotopic (exact) mass is 684 g/mol. The highest BCUT2D eigenvalue weighted by Crippen LogP contribution is 2.33. The van der Waals surface area contributed by atoms with E-state index in [0.717, 1.165) is 25.8 Å². The minimum Gasteiger partial charge on any atom is -0.496 e. The van der Waals surface area contributed by atoms with Crippen molar-refractivity contribution in [3.63, 3.8) is 0 Å². The van der Waals surface area contributed by atoms with Gasteiger partial charge in [0.05, 0.1) is 33.2 Å². The fourth-order valence-corrected chi connectivity index (χ4v) is 5.29. The molecule has 4 aromatic carbocycles. The van der Waals surface area contributed by atoms with E-state index in [1.54, 1.807) is 49.7 Å². The number of para-hydroxylation sites is 2. The molecule has 0 radical (unpaired) electrons. The van der Waals surface area contributed by atoms with Crippen molar-refractivity contribution in [2.24, 2.45) is 5.10 Å². The summed E-state index contributed by atoms with van der Waals surface area (Å²) in [7, 11) is 1.59. The molecule has 0 unspecified atom stereocenters. The summed E-state index contributed by atoms with van der Waals surface area (Å²) in [5.74, 6) is 1.58. The minimum absolute atomic E-state index is 0.137. The van der Waals surface area contributed by atoms with E-state index in [-0.39, 0.29) is 23.9 Å². The maximum absolute atomic E-state index is 13.6. The number of halogens is 1. The van der Waals surface area contributed by atoms with Crippen molar-refractivity contribution in [3.8, 4) is 23.1 Å². The standard InChI is InChI=1S/C33H25IN4O5/c1-20-8-3-5-10-25(20)36-31(39)19-42-29-15-14-21(16-24(29)34)18-35-38-32(37-26-11-6-4-9-22(26)33(38)40)30-17-23-27(41-2)12-7-13-28(23)43-30/h3-18H,19H2,1-2H3,(H,36,39). The topological polar surface area (TPSA) is 108 Å². The molecule has 0 saturated heterocycles. The third kappa shape index (κ3) is 5.86. The van der Waals surface area contributed by atoms with Crippen LogP contribution in [0.5, 0.6) is 11.5 Å². The van der Waals surface area contributed by atoms with Crippen molar-refractivity contribution in [3.05, 3.63) is 116 Å². The molecule has 1 amide bonds. The molecule has 0 aliphatic heterocycles. The van der Waals surface area contributed by atoms with Crippen LogP contribution < -0.4 is 20.3 Å². The number of fused-ring (bicyclic) bond motifs is 2. The molecule has 0 spiro atoms. The van der Waals surface area contributed by atoms with Crippen LogP contribution in [0.15, 0.2) is 105 Å². The Kier molecular flexibility index (Phi) is 7.93. The maximum atomic E-state index is 13.6. The number of aromatic nitrogens is 2. The number of benzene rings is 4. The van der Waals surface area contributed by atoms with Crippen LogP contribution in [-0.2, 0) is 4.79 Å². The Hall–Kier alpha value is -4.97. The predicted molar refractivity (Wildman–Crippen MR) is 175 cm³/mol. The highest BCUT2D eigenvalue weighted by atomic mass is 127. The van der Waals surface area contributed by atoms with Gasteiger partial charge < -0.3 is 19.2 Å². The van der Waals surface area contributed by atoms with E-state index < -0.39 is 0 Å². The van der Waals surface area contributed by atoms with Crippen LogP contribution in [0.3, 0.4) is 0 Å². The first-order chi connectivity index (χ1) is 20.9. The van der Waals surface area contributed by atoms with Gasteiger partial charge in [0.25, 0.3) is 11.5 Å². The highest BCUT2D eigenvalue weighted by Gasteiger charge is 2.18. The molecule has 0 aliphatic carbocycles. The number of anilines is 1. The van der Waals surface area contributed by atoms with Crippen LogP contribution >= 0.6 is 22.6 Å². The quantitative estimate of drug-likeness (QED) is 0.143. The lowest BCUT2D eigenvalue weighted by Gasteiger charge is -2.11. The minimum atomic E-state index is -0.335. The smallest absolute Gasteiger partial charge is 0.282 e. The summed E-state index contributed by atoms with van der Waals surface area (Å²) in [6.45, 7) is 1.79. The number of furan rings is 1. The molecule has 6 aromatic rings. The van der Waals surface area contributed by atoms with Crippen LogP contribution in [0.1, 0.15) is 11.1 Å². The number of methoxy groups -OCH3 is 1. The number of rotatable bonds is 8. The molecule has 9 nitrogen and oxygen atoms in total. The van der Waals surface area contributed by atoms with E-state index in [9.17, 15) is 9.59 Å². The lowest BCUT2D eigenvalue weighted by atomic mass is 10.2. The van der Waals surface area contributed by atoms with Crippen molar-refractivity contribution >= 4 is 62.3 Å². The van der Waals surface area contributed by atoms with Crippen LogP contribution in [0.2, 0.25) is 0 Å². The van der Waals surface area contributed by atoms with Gasteiger partial charge in [-0.1, -0.05) is 36.4 Å². The summed E-state index contributed by atoms with van der Waals surface area (Å²) in [5, 5.41) is 8.58. The molecule has 43 heavy (non-hydrogen) atoms. The van der Waals surface area contributed by atoms with E-state index in [4.69, 9.17) is 18.9 Å². The summed E-state index contributed by atoms with van der Waals surface area (Å²) in [6, 6.07) is 27.4. The van der Waals surface area contributed by atoms with Crippen molar-refractivity contribution in [1.29, 1.82) is 0 Å². The second kappa shape index (κ2) is 12.1. The first-order valence-corrected chi connectivity index (χ1v) is 14.4. The van der Waals surface area contributed by atoms with Crippen LogP contribution in [0.25, 0.3) is 33.5 Å². The zero-order chi connectivity index (χ0) is 29.9. The summed E-state index contributed by atoms with van der Waals surface area (Å²) in [4.78, 5) is 30.7. The first-order valence-electron chi connectivity index (χ1n) is 13.3. The zero-order valence-corrected chi connectivity index (χ0v) is 25.4. The SMILES string of the molecule is COc1cccc2oc(-c3nc4ccccc4c(=O)n3N=Cc3ccc(OCC(=O)Nc4ccccc4C)c(I)c3)cc12. The van der Waals surface area contributed by atoms with Crippen LogP contribution in [-0.4, -0.2) is 35.5 Å². The van der Waals surface area contributed by atoms with Crippen molar-refractivity contribution < 1.29 is 18.7 Å². The summed E-state index contributed by atoms with van der Waals surface area (Å²) < 4.78 is 19.3. The molecule has 10 heteroatoms. The summed E-state index contributed by atoms with van der Waals surface area (Å²) in [6.07, 6.45) is 1.57. The number of ether oxygens (including phenoxy) is 2. The Morgan fingerprint density at radius 1 is 1.00 bits per heavy atom. The number of nitrogens with one attached hydrogen (secondary N) is 1. The Morgan fingerprint density at radius 3 is 2.63 bits per heavy atom. The van der Waals surface area contributed by atoms with E-state index in [0.29, 0.717) is 33.7 Å². The molecule has 214 valence electrons. The van der Waals surface area contributed by atoms with Crippen molar-refractivity contribution in [1.82, 2.24) is 9.66 Å². The fraction of sp³-hybridized carbons (Fsp3) is 0.0909. The van der Waals surface area contributed by atoms with Gasteiger partial charge in [-0.15, -0.1) is 0 Å². The van der Waals surface area contributed by atoms with Gasteiger partial charge in [0.2, 0.25) is 5.82 Å². The fourth-order valence-electron chi connectivity index (χ4n) is 4.59. The number of hydrogen-bond acceptors (Lipinski definition) is 7. The lowest BCUT2D eigenvalue weighted by Crippen LogP contribution is -2.21. The maximum Gasteiger partial charge on any atom is 0.282 e. The molecular weight excluding hydrogens is 659 g/mol. The van der Waals surface area contributed by atoms with Crippen LogP contribution in [0, 0.1) is 10.5 Å². The second-order valence-electron chi connectivity index (χ2n) is 9.64. The normalized spacial score (nSPS) is 11.3. The molecule has 0 atom stereocenters. The Bertz CT molecular complexity index is 2080.